The Hall–Kier alpha value is -1.13. The van der Waals surface area contributed by atoms with Crippen LogP contribution in [-0.4, -0.2) is 26.4 Å². The molecule has 1 rings (SSSR count). The van der Waals surface area contributed by atoms with Gasteiger partial charge < -0.3 is 15.2 Å². The molecule has 3 nitrogen and oxygen atoms in total. The van der Waals surface area contributed by atoms with E-state index in [2.05, 4.69) is 0 Å². The second-order valence-electron chi connectivity index (χ2n) is 3.03. The molecule has 0 bridgehead atoms. The Morgan fingerprint density at radius 2 is 1.93 bits per heavy atom. The number of halogens is 1. The Balaban J connectivity index is 2.12. The van der Waals surface area contributed by atoms with Gasteiger partial charge in [0.15, 0.2) is 11.6 Å². The average molecular weight is 213 g/mol. The first kappa shape index (κ1) is 11.9. The molecule has 0 spiro atoms. The first-order valence-electron chi connectivity index (χ1n) is 4.99. The van der Waals surface area contributed by atoms with Gasteiger partial charge in [0, 0.05) is 6.61 Å². The van der Waals surface area contributed by atoms with Gasteiger partial charge in [0.2, 0.25) is 0 Å². The smallest absolute Gasteiger partial charge is 0.165 e. The highest BCUT2D eigenvalue weighted by atomic mass is 19.1. The van der Waals surface area contributed by atoms with Crippen molar-refractivity contribution in [2.45, 2.75) is 6.42 Å². The zero-order chi connectivity index (χ0) is 10.9. The molecule has 0 aliphatic heterocycles. The third-order valence-electron chi connectivity index (χ3n) is 1.81. The quantitative estimate of drug-likeness (QED) is 0.699. The first-order chi connectivity index (χ1) is 7.34. The van der Waals surface area contributed by atoms with E-state index >= 15 is 0 Å². The maximum Gasteiger partial charge on any atom is 0.165 e. The summed E-state index contributed by atoms with van der Waals surface area (Å²) in [5.74, 6) is -0.0839. The van der Waals surface area contributed by atoms with Gasteiger partial charge in [-0.05, 0) is 25.1 Å². The molecule has 0 aromatic heterocycles. The molecule has 0 radical (unpaired) electrons. The summed E-state index contributed by atoms with van der Waals surface area (Å²) < 4.78 is 23.4. The molecular formula is C11H16FNO2. The molecule has 0 saturated carbocycles. The first-order valence-corrected chi connectivity index (χ1v) is 4.99. The van der Waals surface area contributed by atoms with Gasteiger partial charge in [0.1, 0.15) is 6.61 Å². The van der Waals surface area contributed by atoms with E-state index in [1.54, 1.807) is 18.2 Å². The third-order valence-corrected chi connectivity index (χ3v) is 1.81. The van der Waals surface area contributed by atoms with Crippen molar-refractivity contribution in [1.29, 1.82) is 0 Å². The van der Waals surface area contributed by atoms with Crippen molar-refractivity contribution in [2.75, 3.05) is 26.4 Å². The summed E-state index contributed by atoms with van der Waals surface area (Å²) in [7, 11) is 0. The molecule has 1 aromatic rings. The van der Waals surface area contributed by atoms with Crippen LogP contribution in [0.25, 0.3) is 0 Å². The Bertz CT molecular complexity index is 281. The second kappa shape index (κ2) is 7.20. The van der Waals surface area contributed by atoms with E-state index in [1.165, 1.54) is 6.07 Å². The monoisotopic (exact) mass is 213 g/mol. The summed E-state index contributed by atoms with van der Waals surface area (Å²) in [4.78, 5) is 0. The SMILES string of the molecule is NCCCOCCOc1ccccc1F. The lowest BCUT2D eigenvalue weighted by atomic mass is 10.3. The molecule has 84 valence electrons. The molecule has 4 heteroatoms. The molecule has 0 aliphatic rings. The van der Waals surface area contributed by atoms with Crippen molar-refractivity contribution < 1.29 is 13.9 Å². The van der Waals surface area contributed by atoms with Gasteiger partial charge >= 0.3 is 0 Å². The number of ether oxygens (including phenoxy) is 2. The molecule has 1 aromatic carbocycles. The summed E-state index contributed by atoms with van der Waals surface area (Å²) in [5.41, 5.74) is 5.29. The van der Waals surface area contributed by atoms with Crippen molar-refractivity contribution in [3.05, 3.63) is 30.1 Å². The minimum absolute atomic E-state index is 0.264. The van der Waals surface area contributed by atoms with E-state index in [1.807, 2.05) is 0 Å². The van der Waals surface area contributed by atoms with Crippen LogP contribution in [0.15, 0.2) is 24.3 Å². The van der Waals surface area contributed by atoms with Gasteiger partial charge in [-0.3, -0.25) is 0 Å². The van der Waals surface area contributed by atoms with E-state index < -0.39 is 0 Å². The minimum atomic E-state index is -0.348. The lowest BCUT2D eigenvalue weighted by Crippen LogP contribution is -2.10. The van der Waals surface area contributed by atoms with E-state index in [-0.39, 0.29) is 11.6 Å². The number of hydrogen-bond donors (Lipinski definition) is 1. The molecule has 0 heterocycles. The summed E-state index contributed by atoms with van der Waals surface area (Å²) >= 11 is 0. The lowest BCUT2D eigenvalue weighted by molar-refractivity contribution is 0.0980. The van der Waals surface area contributed by atoms with Gasteiger partial charge in [0.25, 0.3) is 0 Å². The van der Waals surface area contributed by atoms with Crippen molar-refractivity contribution in [3.63, 3.8) is 0 Å². The Morgan fingerprint density at radius 1 is 1.13 bits per heavy atom. The Labute approximate surface area is 89.0 Å². The van der Waals surface area contributed by atoms with Crippen molar-refractivity contribution >= 4 is 0 Å². The van der Waals surface area contributed by atoms with Crippen LogP contribution in [0.4, 0.5) is 4.39 Å². The highest BCUT2D eigenvalue weighted by Gasteiger charge is 2.00. The predicted molar refractivity (Wildman–Crippen MR) is 56.4 cm³/mol. The highest BCUT2D eigenvalue weighted by molar-refractivity contribution is 5.23. The zero-order valence-corrected chi connectivity index (χ0v) is 8.62. The minimum Gasteiger partial charge on any atom is -0.488 e. The summed E-state index contributed by atoms with van der Waals surface area (Å²) in [6, 6.07) is 6.31. The van der Waals surface area contributed by atoms with Crippen LogP contribution >= 0.6 is 0 Å². The summed E-state index contributed by atoms with van der Waals surface area (Å²) in [6.45, 7) is 2.05. The molecule has 15 heavy (non-hydrogen) atoms. The lowest BCUT2D eigenvalue weighted by Gasteiger charge is -2.07. The number of benzene rings is 1. The molecule has 0 atom stereocenters. The van der Waals surface area contributed by atoms with Crippen LogP contribution in [-0.2, 0) is 4.74 Å². The second-order valence-corrected chi connectivity index (χ2v) is 3.03. The Kier molecular flexibility index (Phi) is 5.73. The van der Waals surface area contributed by atoms with Gasteiger partial charge in [-0.15, -0.1) is 0 Å². The predicted octanol–water partition coefficient (Wildman–Crippen LogP) is 1.57. The van der Waals surface area contributed by atoms with Crippen LogP contribution in [0.1, 0.15) is 6.42 Å². The summed E-state index contributed by atoms with van der Waals surface area (Å²) in [5, 5.41) is 0. The highest BCUT2D eigenvalue weighted by Crippen LogP contribution is 2.14. The van der Waals surface area contributed by atoms with E-state index in [0.29, 0.717) is 26.4 Å². The summed E-state index contributed by atoms with van der Waals surface area (Å²) in [6.07, 6.45) is 0.833. The maximum atomic E-state index is 13.0. The number of rotatable bonds is 7. The van der Waals surface area contributed by atoms with Crippen molar-refractivity contribution in [1.82, 2.24) is 0 Å². The number of para-hydroxylation sites is 1. The van der Waals surface area contributed by atoms with Gasteiger partial charge in [-0.1, -0.05) is 12.1 Å². The third kappa shape index (κ3) is 4.76. The van der Waals surface area contributed by atoms with Gasteiger partial charge in [-0.2, -0.15) is 0 Å². The fraction of sp³-hybridized carbons (Fsp3) is 0.455. The molecule has 0 aliphatic carbocycles. The van der Waals surface area contributed by atoms with Crippen LogP contribution in [0.3, 0.4) is 0 Å². The van der Waals surface area contributed by atoms with Crippen LogP contribution in [0.2, 0.25) is 0 Å². The molecule has 0 unspecified atom stereocenters. The van der Waals surface area contributed by atoms with E-state index in [9.17, 15) is 4.39 Å². The zero-order valence-electron chi connectivity index (χ0n) is 8.62. The maximum absolute atomic E-state index is 13.0. The average Bonchev–Trinajstić information content (AvgIpc) is 2.25. The van der Waals surface area contributed by atoms with Crippen LogP contribution in [0, 0.1) is 5.82 Å². The number of nitrogens with two attached hydrogens (primary N) is 1. The Morgan fingerprint density at radius 3 is 2.67 bits per heavy atom. The van der Waals surface area contributed by atoms with E-state index in [4.69, 9.17) is 15.2 Å². The topological polar surface area (TPSA) is 44.5 Å². The molecule has 0 saturated heterocycles. The molecular weight excluding hydrogens is 197 g/mol. The van der Waals surface area contributed by atoms with Crippen LogP contribution in [0.5, 0.6) is 5.75 Å². The van der Waals surface area contributed by atoms with Crippen LogP contribution < -0.4 is 10.5 Å². The van der Waals surface area contributed by atoms with Crippen molar-refractivity contribution in [2.24, 2.45) is 5.73 Å². The number of hydrogen-bond acceptors (Lipinski definition) is 3. The molecule has 2 N–H and O–H groups in total. The van der Waals surface area contributed by atoms with Gasteiger partial charge in [-0.25, -0.2) is 4.39 Å². The fourth-order valence-electron chi connectivity index (χ4n) is 1.06. The standard InChI is InChI=1S/C11H16FNO2/c12-10-4-1-2-5-11(10)15-9-8-14-7-3-6-13/h1-2,4-5H,3,6-9,13H2. The fourth-order valence-corrected chi connectivity index (χ4v) is 1.06. The normalized spacial score (nSPS) is 10.3. The molecule has 0 fully saturated rings. The largest absolute Gasteiger partial charge is 0.488 e. The van der Waals surface area contributed by atoms with E-state index in [0.717, 1.165) is 6.42 Å². The van der Waals surface area contributed by atoms with Gasteiger partial charge in [0.05, 0.1) is 6.61 Å². The molecule has 0 amide bonds. The van der Waals surface area contributed by atoms with Crippen molar-refractivity contribution in [3.8, 4) is 5.75 Å².